The Labute approximate surface area is 153 Å². The van der Waals surface area contributed by atoms with Gasteiger partial charge in [0.1, 0.15) is 21.7 Å². The molecule has 1 saturated carbocycles. The molecule has 138 valence electrons. The van der Waals surface area contributed by atoms with Gasteiger partial charge in [-0.3, -0.25) is 0 Å². The Morgan fingerprint density at radius 2 is 2.20 bits per heavy atom. The number of amides is 2. The van der Waals surface area contributed by atoms with Gasteiger partial charge in [-0.2, -0.15) is 0 Å². The van der Waals surface area contributed by atoms with Crippen LogP contribution in [0.15, 0.2) is 24.3 Å². The third kappa shape index (κ3) is 5.25. The summed E-state index contributed by atoms with van der Waals surface area (Å²) in [4.78, 5) is 14.0. The second kappa shape index (κ2) is 7.03. The summed E-state index contributed by atoms with van der Waals surface area (Å²) >= 11 is 5.95. The first-order chi connectivity index (χ1) is 11.7. The molecule has 1 aliphatic carbocycles. The Morgan fingerprint density at radius 1 is 1.44 bits per heavy atom. The quantitative estimate of drug-likeness (QED) is 0.814. The summed E-state index contributed by atoms with van der Waals surface area (Å²) < 4.78 is 28.8. The van der Waals surface area contributed by atoms with Crippen LogP contribution in [-0.4, -0.2) is 57.1 Å². The zero-order chi connectivity index (χ0) is 18.1. The van der Waals surface area contributed by atoms with Crippen LogP contribution < -0.4 is 10.1 Å². The van der Waals surface area contributed by atoms with Crippen LogP contribution in [0.2, 0.25) is 5.02 Å². The smallest absolute Gasteiger partial charge is 0.317 e. The Morgan fingerprint density at radius 3 is 2.84 bits per heavy atom. The van der Waals surface area contributed by atoms with Crippen LogP contribution in [0.1, 0.15) is 19.3 Å². The number of hydrogen-bond acceptors (Lipinski definition) is 4. The molecule has 1 unspecified atom stereocenters. The molecule has 3 rings (SSSR count). The molecule has 0 radical (unpaired) electrons. The van der Waals surface area contributed by atoms with Gasteiger partial charge < -0.3 is 15.0 Å². The van der Waals surface area contributed by atoms with Gasteiger partial charge in [0.05, 0.1) is 12.3 Å². The Kier molecular flexibility index (Phi) is 5.16. The molecular weight excluding hydrogens is 364 g/mol. The average Bonchev–Trinajstić information content (AvgIpc) is 3.09. The lowest BCUT2D eigenvalue weighted by atomic mass is 10.1. The number of likely N-dealkylation sites (tertiary alicyclic amines) is 1. The van der Waals surface area contributed by atoms with Crippen molar-refractivity contribution in [3.8, 4) is 5.75 Å². The monoisotopic (exact) mass is 386 g/mol. The molecule has 1 aromatic rings. The lowest BCUT2D eigenvalue weighted by molar-refractivity contribution is 0.185. The number of ether oxygens (including phenoxy) is 1. The predicted octanol–water partition coefficient (Wildman–Crippen LogP) is 2.33. The molecule has 2 amide bonds. The summed E-state index contributed by atoms with van der Waals surface area (Å²) in [6.07, 6.45) is 3.64. The SMILES string of the molecule is CS(=O)(=O)CC1(CNC(=O)N2CCC(Oc3cccc(Cl)c3)C2)CC1. The first kappa shape index (κ1) is 18.3. The minimum Gasteiger partial charge on any atom is -0.488 e. The van der Waals surface area contributed by atoms with E-state index in [9.17, 15) is 13.2 Å². The molecule has 0 bridgehead atoms. The molecule has 0 spiro atoms. The minimum absolute atomic E-state index is 0.0601. The molecule has 1 atom stereocenters. The number of nitrogens with one attached hydrogen (secondary N) is 1. The van der Waals surface area contributed by atoms with E-state index in [-0.39, 0.29) is 23.3 Å². The number of benzene rings is 1. The van der Waals surface area contributed by atoms with Crippen molar-refractivity contribution in [3.05, 3.63) is 29.3 Å². The van der Waals surface area contributed by atoms with Crippen molar-refractivity contribution >= 4 is 27.5 Å². The van der Waals surface area contributed by atoms with E-state index in [4.69, 9.17) is 16.3 Å². The maximum absolute atomic E-state index is 12.3. The van der Waals surface area contributed by atoms with Gasteiger partial charge in [-0.1, -0.05) is 17.7 Å². The molecule has 1 heterocycles. The fourth-order valence-corrected chi connectivity index (χ4v) is 4.91. The van der Waals surface area contributed by atoms with Gasteiger partial charge in [-0.15, -0.1) is 0 Å². The molecule has 8 heteroatoms. The zero-order valence-electron chi connectivity index (χ0n) is 14.2. The van der Waals surface area contributed by atoms with Crippen LogP contribution in [0.3, 0.4) is 0 Å². The number of nitrogens with zero attached hydrogens (tertiary/aromatic N) is 1. The molecule has 1 saturated heterocycles. The van der Waals surface area contributed by atoms with Crippen molar-refractivity contribution in [2.75, 3.05) is 31.6 Å². The second-order valence-corrected chi connectivity index (χ2v) is 9.74. The summed E-state index contributed by atoms with van der Waals surface area (Å²) in [5.41, 5.74) is -0.264. The molecule has 2 fully saturated rings. The van der Waals surface area contributed by atoms with Crippen LogP contribution >= 0.6 is 11.6 Å². The van der Waals surface area contributed by atoms with E-state index < -0.39 is 9.84 Å². The molecule has 1 aliphatic heterocycles. The standard InChI is InChI=1S/C17H23ClN2O4S/c1-25(22,23)12-17(6-7-17)11-19-16(21)20-8-5-15(10-20)24-14-4-2-3-13(18)9-14/h2-4,9,15H,5-8,10-12H2,1H3,(H,19,21). The Balaban J connectivity index is 1.46. The van der Waals surface area contributed by atoms with Crippen LogP contribution in [0.4, 0.5) is 4.79 Å². The summed E-state index contributed by atoms with van der Waals surface area (Å²) in [7, 11) is -3.03. The normalized spacial score (nSPS) is 21.8. The number of halogens is 1. The Hall–Kier alpha value is -1.47. The van der Waals surface area contributed by atoms with Gasteiger partial charge in [0.15, 0.2) is 0 Å². The van der Waals surface area contributed by atoms with Crippen LogP contribution in [-0.2, 0) is 9.84 Å². The van der Waals surface area contributed by atoms with E-state index in [1.807, 2.05) is 12.1 Å². The van der Waals surface area contributed by atoms with Crippen molar-refractivity contribution in [1.82, 2.24) is 10.2 Å². The van der Waals surface area contributed by atoms with Crippen molar-refractivity contribution < 1.29 is 17.9 Å². The van der Waals surface area contributed by atoms with Gasteiger partial charge in [0, 0.05) is 36.2 Å². The predicted molar refractivity (Wildman–Crippen MR) is 96.8 cm³/mol. The molecule has 6 nitrogen and oxygen atoms in total. The summed E-state index contributed by atoms with van der Waals surface area (Å²) in [5, 5.41) is 3.51. The molecule has 1 N–H and O–H groups in total. The number of rotatable bonds is 6. The van der Waals surface area contributed by atoms with Crippen LogP contribution in [0, 0.1) is 5.41 Å². The highest BCUT2D eigenvalue weighted by Gasteiger charge is 2.45. The highest BCUT2D eigenvalue weighted by Crippen LogP contribution is 2.46. The molecule has 2 aliphatic rings. The molecule has 25 heavy (non-hydrogen) atoms. The first-order valence-corrected chi connectivity index (χ1v) is 10.8. The van der Waals surface area contributed by atoms with Crippen LogP contribution in [0.25, 0.3) is 0 Å². The summed E-state index contributed by atoms with van der Waals surface area (Å²) in [6, 6.07) is 7.06. The topological polar surface area (TPSA) is 75.7 Å². The zero-order valence-corrected chi connectivity index (χ0v) is 15.8. The van der Waals surface area contributed by atoms with E-state index in [0.29, 0.717) is 30.4 Å². The van der Waals surface area contributed by atoms with E-state index in [1.54, 1.807) is 17.0 Å². The third-order valence-corrected chi connectivity index (χ3v) is 6.04. The van der Waals surface area contributed by atoms with Crippen molar-refractivity contribution in [3.63, 3.8) is 0 Å². The van der Waals surface area contributed by atoms with Gasteiger partial charge in [0.25, 0.3) is 0 Å². The van der Waals surface area contributed by atoms with Crippen molar-refractivity contribution in [2.45, 2.75) is 25.4 Å². The van der Waals surface area contributed by atoms with Gasteiger partial charge >= 0.3 is 6.03 Å². The van der Waals surface area contributed by atoms with Crippen LogP contribution in [0.5, 0.6) is 5.75 Å². The number of urea groups is 1. The van der Waals surface area contributed by atoms with E-state index in [2.05, 4.69) is 5.32 Å². The number of carbonyl (C=O) groups excluding carboxylic acids is 1. The number of sulfone groups is 1. The molecule has 0 aromatic heterocycles. The van der Waals surface area contributed by atoms with E-state index in [0.717, 1.165) is 19.3 Å². The van der Waals surface area contributed by atoms with E-state index >= 15 is 0 Å². The van der Waals surface area contributed by atoms with Gasteiger partial charge in [-0.05, 0) is 31.0 Å². The number of carbonyl (C=O) groups is 1. The lowest BCUT2D eigenvalue weighted by Crippen LogP contribution is -2.42. The highest BCUT2D eigenvalue weighted by molar-refractivity contribution is 7.90. The highest BCUT2D eigenvalue weighted by atomic mass is 35.5. The molecule has 1 aromatic carbocycles. The van der Waals surface area contributed by atoms with Gasteiger partial charge in [-0.25, -0.2) is 13.2 Å². The van der Waals surface area contributed by atoms with Gasteiger partial charge in [0.2, 0.25) is 0 Å². The van der Waals surface area contributed by atoms with Crippen molar-refractivity contribution in [1.29, 1.82) is 0 Å². The maximum atomic E-state index is 12.3. The second-order valence-electron chi connectivity index (χ2n) is 7.16. The van der Waals surface area contributed by atoms with Crippen molar-refractivity contribution in [2.24, 2.45) is 5.41 Å². The largest absolute Gasteiger partial charge is 0.488 e. The lowest BCUT2D eigenvalue weighted by Gasteiger charge is -2.20. The van der Waals surface area contributed by atoms with E-state index in [1.165, 1.54) is 6.26 Å². The summed E-state index contributed by atoms with van der Waals surface area (Å²) in [6.45, 7) is 1.54. The molecular formula is C17H23ClN2O4S. The summed E-state index contributed by atoms with van der Waals surface area (Å²) in [5.74, 6) is 0.839. The number of hydrogen-bond donors (Lipinski definition) is 1. The Bertz CT molecular complexity index is 749. The minimum atomic E-state index is -3.03. The fourth-order valence-electron chi connectivity index (χ4n) is 3.22. The third-order valence-electron chi connectivity index (χ3n) is 4.67. The first-order valence-electron chi connectivity index (χ1n) is 8.37. The fraction of sp³-hybridized carbons (Fsp3) is 0.588. The maximum Gasteiger partial charge on any atom is 0.317 e. The average molecular weight is 387 g/mol.